The van der Waals surface area contributed by atoms with Gasteiger partial charge in [-0.25, -0.2) is 14.3 Å². The number of nitrogen functional groups attached to an aromatic ring is 1. The molecule has 0 amide bonds. The number of anilines is 1. The number of benzene rings is 1. The molecule has 0 saturated heterocycles. The molecule has 0 aliphatic carbocycles. The summed E-state index contributed by atoms with van der Waals surface area (Å²) in [5.41, 5.74) is 7.26. The summed E-state index contributed by atoms with van der Waals surface area (Å²) in [6.45, 7) is 0. The third-order valence-corrected chi connectivity index (χ3v) is 3.74. The number of carbonyl (C=O) groups is 2. The van der Waals surface area contributed by atoms with Crippen LogP contribution in [0.25, 0.3) is 11.4 Å². The molecule has 0 spiro atoms. The van der Waals surface area contributed by atoms with Crippen LogP contribution < -0.4 is 5.73 Å². The first kappa shape index (κ1) is 16.8. The summed E-state index contributed by atoms with van der Waals surface area (Å²) in [5, 5.41) is 22.0. The smallest absolute Gasteiger partial charge is 0.357 e. The molecular weight excluding hydrogens is 338 g/mol. The molecule has 0 bridgehead atoms. The van der Waals surface area contributed by atoms with Crippen LogP contribution in [0.1, 0.15) is 26.5 Å². The van der Waals surface area contributed by atoms with Gasteiger partial charge in [0.05, 0.1) is 24.0 Å². The Morgan fingerprint density at radius 3 is 2.42 bits per heavy atom. The lowest BCUT2D eigenvalue weighted by molar-refractivity contribution is 0.0592. The lowest BCUT2D eigenvalue weighted by Gasteiger charge is -2.09. The van der Waals surface area contributed by atoms with Crippen molar-refractivity contribution in [2.75, 3.05) is 12.8 Å². The molecule has 0 atom stereocenters. The maximum Gasteiger partial charge on any atom is 0.357 e. The number of aromatic nitrogens is 3. The summed E-state index contributed by atoms with van der Waals surface area (Å²) in [6.07, 6.45) is 2.98. The van der Waals surface area contributed by atoms with E-state index in [0.29, 0.717) is 11.4 Å². The number of aromatic carboxylic acids is 1. The largest absolute Gasteiger partial charge is 0.476 e. The molecule has 0 radical (unpaired) electrons. The average Bonchev–Trinajstić information content (AvgIpc) is 3.26. The van der Waals surface area contributed by atoms with E-state index in [4.69, 9.17) is 20.8 Å². The maximum absolute atomic E-state index is 12.0. The fraction of sp³-hybridized carbons (Fsp3) is 0.0588. The van der Waals surface area contributed by atoms with Crippen LogP contribution in [0.4, 0.5) is 5.69 Å². The van der Waals surface area contributed by atoms with E-state index < -0.39 is 11.9 Å². The fourth-order valence-electron chi connectivity index (χ4n) is 2.47. The van der Waals surface area contributed by atoms with Gasteiger partial charge in [0, 0.05) is 18.1 Å². The predicted molar refractivity (Wildman–Crippen MR) is 90.3 cm³/mol. The van der Waals surface area contributed by atoms with Crippen molar-refractivity contribution in [3.05, 3.63) is 59.7 Å². The summed E-state index contributed by atoms with van der Waals surface area (Å²) < 4.78 is 7.62. The number of carboxylic acids is 1. The second-order valence-electron chi connectivity index (χ2n) is 5.25. The Morgan fingerprint density at radius 1 is 1.23 bits per heavy atom. The first-order valence-corrected chi connectivity index (χ1v) is 7.35. The highest BCUT2D eigenvalue weighted by molar-refractivity contribution is 5.96. The van der Waals surface area contributed by atoms with E-state index in [1.165, 1.54) is 34.8 Å². The maximum atomic E-state index is 12.0. The van der Waals surface area contributed by atoms with Crippen LogP contribution >= 0.6 is 0 Å². The zero-order valence-corrected chi connectivity index (χ0v) is 13.6. The van der Waals surface area contributed by atoms with Gasteiger partial charge in [0.1, 0.15) is 6.07 Å². The number of ether oxygens (including phenoxy) is 1. The fourth-order valence-corrected chi connectivity index (χ4v) is 2.47. The topological polar surface area (TPSA) is 136 Å². The predicted octanol–water partition coefficient (Wildman–Crippen LogP) is 1.60. The molecule has 3 aromatic rings. The van der Waals surface area contributed by atoms with Crippen LogP contribution in [0.15, 0.2) is 42.7 Å². The van der Waals surface area contributed by atoms with Gasteiger partial charge >= 0.3 is 11.9 Å². The number of rotatable bonds is 4. The van der Waals surface area contributed by atoms with Crippen molar-refractivity contribution in [1.29, 1.82) is 5.26 Å². The highest BCUT2D eigenvalue weighted by Gasteiger charge is 2.21. The SMILES string of the molecule is COC(=O)c1c(N)c(C#N)cn1-c1ccc(-n2ccc(C(=O)O)n2)cc1. The lowest BCUT2D eigenvalue weighted by atomic mass is 10.2. The minimum absolute atomic E-state index is 0.0432. The Labute approximate surface area is 147 Å². The van der Waals surface area contributed by atoms with Gasteiger partial charge in [0.15, 0.2) is 11.4 Å². The zero-order valence-electron chi connectivity index (χ0n) is 13.6. The van der Waals surface area contributed by atoms with Crippen LogP contribution in [0.3, 0.4) is 0 Å². The van der Waals surface area contributed by atoms with Gasteiger partial charge in [-0.3, -0.25) is 0 Å². The Hall–Kier alpha value is -4.06. The van der Waals surface area contributed by atoms with Crippen molar-refractivity contribution >= 4 is 17.6 Å². The molecule has 0 unspecified atom stereocenters. The number of methoxy groups -OCH3 is 1. The molecule has 3 rings (SSSR count). The van der Waals surface area contributed by atoms with Gasteiger partial charge in [0.25, 0.3) is 0 Å². The van der Waals surface area contributed by atoms with Crippen molar-refractivity contribution in [2.45, 2.75) is 0 Å². The summed E-state index contributed by atoms with van der Waals surface area (Å²) in [4.78, 5) is 22.9. The van der Waals surface area contributed by atoms with E-state index >= 15 is 0 Å². The highest BCUT2D eigenvalue weighted by atomic mass is 16.5. The molecule has 9 heteroatoms. The molecule has 2 heterocycles. The van der Waals surface area contributed by atoms with Crippen LogP contribution in [0, 0.1) is 11.3 Å². The second-order valence-corrected chi connectivity index (χ2v) is 5.25. The molecular formula is C17H13N5O4. The molecule has 0 aliphatic heterocycles. The summed E-state index contributed by atoms with van der Waals surface area (Å²) in [7, 11) is 1.23. The third kappa shape index (κ3) is 2.76. The zero-order chi connectivity index (χ0) is 18.8. The van der Waals surface area contributed by atoms with Crippen LogP contribution in [-0.2, 0) is 4.74 Å². The van der Waals surface area contributed by atoms with Crippen molar-refractivity contribution in [1.82, 2.24) is 14.3 Å². The van der Waals surface area contributed by atoms with E-state index in [2.05, 4.69) is 5.10 Å². The van der Waals surface area contributed by atoms with Gasteiger partial charge in [-0.05, 0) is 30.3 Å². The van der Waals surface area contributed by atoms with E-state index in [1.54, 1.807) is 24.3 Å². The minimum atomic E-state index is -1.12. The first-order chi connectivity index (χ1) is 12.5. The molecule has 3 N–H and O–H groups in total. The Balaban J connectivity index is 2.02. The monoisotopic (exact) mass is 351 g/mol. The molecule has 1 aromatic carbocycles. The Bertz CT molecular complexity index is 1040. The Kier molecular flexibility index (Phi) is 4.16. The standard InChI is InChI=1S/C17H13N5O4/c1-26-17(25)15-14(19)10(8-18)9-21(15)11-2-4-12(5-3-11)22-7-6-13(20-22)16(23)24/h2-7,9H,19H2,1H3,(H,23,24). The van der Waals surface area contributed by atoms with Crippen molar-refractivity contribution in [3.63, 3.8) is 0 Å². The Morgan fingerprint density at radius 2 is 1.88 bits per heavy atom. The van der Waals surface area contributed by atoms with E-state index in [-0.39, 0.29) is 22.6 Å². The molecule has 130 valence electrons. The molecule has 0 fully saturated rings. The van der Waals surface area contributed by atoms with Crippen LogP contribution in [0.2, 0.25) is 0 Å². The van der Waals surface area contributed by atoms with E-state index in [1.807, 2.05) is 6.07 Å². The number of nitriles is 1. The van der Waals surface area contributed by atoms with Crippen LogP contribution in [-0.4, -0.2) is 38.5 Å². The summed E-state index contributed by atoms with van der Waals surface area (Å²) in [5.74, 6) is -1.78. The van der Waals surface area contributed by atoms with Gasteiger partial charge in [-0.15, -0.1) is 0 Å². The second kappa shape index (κ2) is 6.45. The van der Waals surface area contributed by atoms with Crippen molar-refractivity contribution in [3.8, 4) is 17.4 Å². The average molecular weight is 351 g/mol. The van der Waals surface area contributed by atoms with E-state index in [0.717, 1.165) is 0 Å². The van der Waals surface area contributed by atoms with Gasteiger partial charge in [-0.1, -0.05) is 0 Å². The first-order valence-electron chi connectivity index (χ1n) is 7.35. The normalized spacial score (nSPS) is 10.3. The van der Waals surface area contributed by atoms with Gasteiger partial charge in [-0.2, -0.15) is 10.4 Å². The van der Waals surface area contributed by atoms with Crippen LogP contribution in [0.5, 0.6) is 0 Å². The molecule has 26 heavy (non-hydrogen) atoms. The highest BCUT2D eigenvalue weighted by Crippen LogP contribution is 2.25. The quantitative estimate of drug-likeness (QED) is 0.681. The number of carbonyl (C=O) groups excluding carboxylic acids is 1. The van der Waals surface area contributed by atoms with E-state index in [9.17, 15) is 9.59 Å². The number of carboxylic acid groups (broad SMARTS) is 1. The van der Waals surface area contributed by atoms with Crippen molar-refractivity contribution < 1.29 is 19.4 Å². The summed E-state index contributed by atoms with van der Waals surface area (Å²) >= 11 is 0. The molecule has 9 nitrogen and oxygen atoms in total. The molecule has 0 saturated carbocycles. The lowest BCUT2D eigenvalue weighted by Crippen LogP contribution is -2.11. The number of hydrogen-bond donors (Lipinski definition) is 2. The summed E-state index contributed by atoms with van der Waals surface area (Å²) in [6, 6.07) is 10.1. The number of hydrogen-bond acceptors (Lipinski definition) is 6. The third-order valence-electron chi connectivity index (χ3n) is 3.74. The van der Waals surface area contributed by atoms with Gasteiger partial charge < -0.3 is 20.1 Å². The van der Waals surface area contributed by atoms with Gasteiger partial charge in [0.2, 0.25) is 0 Å². The number of nitrogens with two attached hydrogens (primary N) is 1. The number of nitrogens with zero attached hydrogens (tertiary/aromatic N) is 4. The molecule has 0 aliphatic rings. The number of esters is 1. The van der Waals surface area contributed by atoms with Crippen molar-refractivity contribution in [2.24, 2.45) is 0 Å². The minimum Gasteiger partial charge on any atom is -0.476 e. The molecule has 2 aromatic heterocycles.